The van der Waals surface area contributed by atoms with Crippen LogP contribution in [0.25, 0.3) is 0 Å². The van der Waals surface area contributed by atoms with Crippen LogP contribution in [0.2, 0.25) is 0 Å². The highest BCUT2D eigenvalue weighted by atomic mass is 32.2. The lowest BCUT2D eigenvalue weighted by atomic mass is 10.2. The van der Waals surface area contributed by atoms with Crippen LogP contribution in [0.1, 0.15) is 31.8 Å². The number of nitrogens with two attached hydrogens (primary N) is 1. The van der Waals surface area contributed by atoms with Crippen LogP contribution in [0.5, 0.6) is 0 Å². The maximum atomic E-state index is 12.7. The molecule has 0 fully saturated rings. The van der Waals surface area contributed by atoms with Gasteiger partial charge in [0.1, 0.15) is 18.0 Å². The Balaban J connectivity index is 2.41. The van der Waals surface area contributed by atoms with Crippen molar-refractivity contribution in [1.82, 2.24) is 9.97 Å². The summed E-state index contributed by atoms with van der Waals surface area (Å²) < 4.78 is 30.6. The SMILES string of the molecule is CC(C)(C)OC(=O)N(CC(=O)O)c1cccc(C(N)S(=O)(=O)c2ccccn2)n1. The highest BCUT2D eigenvalue weighted by Gasteiger charge is 2.30. The number of anilines is 1. The van der Waals surface area contributed by atoms with Gasteiger partial charge < -0.3 is 15.6 Å². The number of amides is 1. The van der Waals surface area contributed by atoms with Gasteiger partial charge in [0.15, 0.2) is 10.4 Å². The molecule has 0 saturated carbocycles. The van der Waals surface area contributed by atoms with Crippen molar-refractivity contribution < 1.29 is 27.9 Å². The molecule has 0 bridgehead atoms. The highest BCUT2D eigenvalue weighted by molar-refractivity contribution is 7.91. The van der Waals surface area contributed by atoms with Crippen molar-refractivity contribution in [2.75, 3.05) is 11.4 Å². The predicted molar refractivity (Wildman–Crippen MR) is 104 cm³/mol. The molecule has 0 aliphatic carbocycles. The summed E-state index contributed by atoms with van der Waals surface area (Å²) in [6.45, 7) is 4.16. The van der Waals surface area contributed by atoms with Gasteiger partial charge in [0, 0.05) is 6.20 Å². The first-order valence-corrected chi connectivity index (χ1v) is 10.1. The first kappa shape index (κ1) is 22.2. The lowest BCUT2D eigenvalue weighted by Crippen LogP contribution is -2.40. The second-order valence-electron chi connectivity index (χ2n) is 7.01. The van der Waals surface area contributed by atoms with Gasteiger partial charge in [0.05, 0.1) is 5.69 Å². The van der Waals surface area contributed by atoms with E-state index in [0.717, 1.165) is 4.90 Å². The van der Waals surface area contributed by atoms with Crippen LogP contribution in [0.4, 0.5) is 10.6 Å². The summed E-state index contributed by atoms with van der Waals surface area (Å²) in [6.07, 6.45) is 0.381. The van der Waals surface area contributed by atoms with Crippen LogP contribution in [0.3, 0.4) is 0 Å². The van der Waals surface area contributed by atoms with Crippen LogP contribution in [-0.2, 0) is 19.4 Å². The number of hydrogen-bond acceptors (Lipinski definition) is 8. The van der Waals surface area contributed by atoms with Gasteiger partial charge in [0.2, 0.25) is 9.84 Å². The van der Waals surface area contributed by atoms with Gasteiger partial charge >= 0.3 is 12.1 Å². The lowest BCUT2D eigenvalue weighted by molar-refractivity contribution is -0.135. The molecule has 2 heterocycles. The fraction of sp³-hybridized carbons (Fsp3) is 0.333. The fourth-order valence-corrected chi connectivity index (χ4v) is 3.43. The highest BCUT2D eigenvalue weighted by Crippen LogP contribution is 2.24. The average Bonchev–Trinajstić information content (AvgIpc) is 2.64. The standard InChI is InChI=1S/C18H22N4O6S/c1-18(2,3)28-17(25)22(11-15(23)24)13-8-6-7-12(21-13)16(19)29(26,27)14-9-4-5-10-20-14/h4-10,16H,11,19H2,1-3H3,(H,23,24). The van der Waals surface area contributed by atoms with E-state index in [1.165, 1.54) is 36.5 Å². The molecule has 0 aromatic carbocycles. The zero-order chi connectivity index (χ0) is 21.8. The molecule has 10 nitrogen and oxygen atoms in total. The van der Waals surface area contributed by atoms with Gasteiger partial charge in [-0.15, -0.1) is 0 Å². The third-order valence-corrected chi connectivity index (χ3v) is 5.23. The van der Waals surface area contributed by atoms with E-state index in [1.807, 2.05) is 0 Å². The van der Waals surface area contributed by atoms with Crippen molar-refractivity contribution >= 4 is 27.7 Å². The number of sulfone groups is 1. The minimum Gasteiger partial charge on any atom is -0.480 e. The topological polar surface area (TPSA) is 153 Å². The van der Waals surface area contributed by atoms with E-state index in [1.54, 1.807) is 26.8 Å². The summed E-state index contributed by atoms with van der Waals surface area (Å²) >= 11 is 0. The maximum absolute atomic E-state index is 12.7. The Hall–Kier alpha value is -3.05. The molecule has 0 aliphatic heterocycles. The quantitative estimate of drug-likeness (QED) is 0.708. The smallest absolute Gasteiger partial charge is 0.416 e. The molecule has 0 spiro atoms. The Morgan fingerprint density at radius 3 is 2.45 bits per heavy atom. The van der Waals surface area contributed by atoms with E-state index in [-0.39, 0.29) is 16.5 Å². The molecule has 3 N–H and O–H groups in total. The molecule has 156 valence electrons. The molecule has 2 aromatic heterocycles. The van der Waals surface area contributed by atoms with Crippen molar-refractivity contribution in [2.24, 2.45) is 5.73 Å². The third-order valence-electron chi connectivity index (χ3n) is 3.49. The number of carboxylic acid groups (broad SMARTS) is 1. The molecule has 1 unspecified atom stereocenters. The van der Waals surface area contributed by atoms with Crippen molar-refractivity contribution in [3.8, 4) is 0 Å². The monoisotopic (exact) mass is 422 g/mol. The van der Waals surface area contributed by atoms with E-state index in [2.05, 4.69) is 9.97 Å². The normalized spacial score (nSPS) is 12.8. The summed E-state index contributed by atoms with van der Waals surface area (Å²) in [5, 5.41) is 7.35. The summed E-state index contributed by atoms with van der Waals surface area (Å²) in [4.78, 5) is 32.3. The first-order chi connectivity index (χ1) is 13.4. The minimum atomic E-state index is -4.05. The largest absolute Gasteiger partial charge is 0.480 e. The molecule has 0 saturated heterocycles. The van der Waals surface area contributed by atoms with E-state index in [9.17, 15) is 18.0 Å². The lowest BCUT2D eigenvalue weighted by Gasteiger charge is -2.26. The number of carbonyl (C=O) groups excluding carboxylic acids is 1. The van der Waals surface area contributed by atoms with Gasteiger partial charge in [-0.1, -0.05) is 12.1 Å². The molecular formula is C18H22N4O6S. The van der Waals surface area contributed by atoms with Crippen LogP contribution in [-0.4, -0.2) is 47.7 Å². The van der Waals surface area contributed by atoms with Crippen molar-refractivity contribution in [3.63, 3.8) is 0 Å². The Bertz CT molecular complexity index is 989. The Morgan fingerprint density at radius 2 is 1.90 bits per heavy atom. The van der Waals surface area contributed by atoms with E-state index < -0.39 is 39.4 Å². The van der Waals surface area contributed by atoms with Crippen molar-refractivity contribution in [1.29, 1.82) is 0 Å². The Labute approximate surface area is 168 Å². The first-order valence-electron chi connectivity index (χ1n) is 8.51. The average molecular weight is 422 g/mol. The summed E-state index contributed by atoms with van der Waals surface area (Å²) in [6, 6.07) is 8.52. The summed E-state index contributed by atoms with van der Waals surface area (Å²) in [5.74, 6) is -1.40. The Morgan fingerprint density at radius 1 is 1.21 bits per heavy atom. The summed E-state index contributed by atoms with van der Waals surface area (Å²) in [7, 11) is -4.05. The van der Waals surface area contributed by atoms with Crippen LogP contribution in [0.15, 0.2) is 47.6 Å². The van der Waals surface area contributed by atoms with Gasteiger partial charge in [-0.25, -0.2) is 23.2 Å². The van der Waals surface area contributed by atoms with Crippen molar-refractivity contribution in [2.45, 2.75) is 36.8 Å². The predicted octanol–water partition coefficient (Wildman–Crippen LogP) is 1.73. The zero-order valence-electron chi connectivity index (χ0n) is 16.1. The zero-order valence-corrected chi connectivity index (χ0v) is 17.0. The molecule has 1 atom stereocenters. The number of aromatic nitrogens is 2. The maximum Gasteiger partial charge on any atom is 0.416 e. The van der Waals surface area contributed by atoms with E-state index in [4.69, 9.17) is 15.6 Å². The Kier molecular flexibility index (Phi) is 6.55. The van der Waals surface area contributed by atoms with Gasteiger partial charge in [0.25, 0.3) is 0 Å². The molecule has 2 aromatic rings. The third kappa shape index (κ3) is 5.72. The molecule has 29 heavy (non-hydrogen) atoms. The van der Waals surface area contributed by atoms with Crippen LogP contribution >= 0.6 is 0 Å². The van der Waals surface area contributed by atoms with Crippen LogP contribution < -0.4 is 10.6 Å². The molecule has 11 heteroatoms. The number of ether oxygens (including phenoxy) is 1. The van der Waals surface area contributed by atoms with Crippen LogP contribution in [0, 0.1) is 0 Å². The van der Waals surface area contributed by atoms with Crippen molar-refractivity contribution in [3.05, 3.63) is 48.3 Å². The molecule has 1 amide bonds. The number of nitrogens with zero attached hydrogens (tertiary/aromatic N) is 3. The molecular weight excluding hydrogens is 400 g/mol. The number of rotatable bonds is 6. The molecule has 0 aliphatic rings. The number of carbonyl (C=O) groups is 2. The molecule has 0 radical (unpaired) electrons. The van der Waals surface area contributed by atoms with Gasteiger partial charge in [-0.05, 0) is 45.0 Å². The number of hydrogen-bond donors (Lipinski definition) is 2. The van der Waals surface area contributed by atoms with E-state index in [0.29, 0.717) is 0 Å². The van der Waals surface area contributed by atoms with E-state index >= 15 is 0 Å². The number of aliphatic carboxylic acids is 1. The fourth-order valence-electron chi connectivity index (χ4n) is 2.24. The second-order valence-corrected chi connectivity index (χ2v) is 9.03. The second kappa shape index (κ2) is 8.53. The van der Waals surface area contributed by atoms with Gasteiger partial charge in [-0.3, -0.25) is 9.69 Å². The minimum absolute atomic E-state index is 0.0768. The summed E-state index contributed by atoms with van der Waals surface area (Å²) in [5.41, 5.74) is 4.96. The van der Waals surface area contributed by atoms with Gasteiger partial charge in [-0.2, -0.15) is 0 Å². The number of carboxylic acids is 1. The molecule has 2 rings (SSSR count). The number of pyridine rings is 2.